The zero-order valence-electron chi connectivity index (χ0n) is 14.1. The molecule has 1 aliphatic rings. The van der Waals surface area contributed by atoms with E-state index < -0.39 is 42.9 Å². The first kappa shape index (κ1) is 20.4. The Bertz CT molecular complexity index is 711. The van der Waals surface area contributed by atoms with Crippen molar-refractivity contribution in [3.8, 4) is 0 Å². The van der Waals surface area contributed by atoms with Gasteiger partial charge >= 0.3 is 11.8 Å². The lowest BCUT2D eigenvalue weighted by Crippen LogP contribution is -2.36. The molecule has 0 saturated carbocycles. The molecule has 1 aromatic heterocycles. The zero-order valence-corrected chi connectivity index (χ0v) is 14.9. The van der Waals surface area contributed by atoms with Crippen molar-refractivity contribution in [3.63, 3.8) is 0 Å². The fourth-order valence-corrected chi connectivity index (χ4v) is 2.63. The molecule has 2 rings (SSSR count). The molecule has 144 valence electrons. The van der Waals surface area contributed by atoms with Gasteiger partial charge in [-0.1, -0.05) is 12.7 Å². The molecule has 1 aromatic rings. The summed E-state index contributed by atoms with van der Waals surface area (Å²) < 4.78 is 11.2. The largest absolute Gasteiger partial charge is 0.448 e. The SMILES string of the molecule is C=Cc1cn(C2O[C@H](CO)[C@@H](O)[C@H]2O)c(=O)nc1NC(=O)OCCSC. The topological polar surface area (TPSA) is 143 Å². The maximum atomic E-state index is 12.3. The highest BCUT2D eigenvalue weighted by Gasteiger charge is 2.43. The van der Waals surface area contributed by atoms with Gasteiger partial charge in [-0.2, -0.15) is 16.7 Å². The quantitative estimate of drug-likeness (QED) is 0.451. The zero-order chi connectivity index (χ0) is 19.3. The van der Waals surface area contributed by atoms with Crippen LogP contribution >= 0.6 is 11.8 Å². The second-order valence-electron chi connectivity index (χ2n) is 5.42. The van der Waals surface area contributed by atoms with Gasteiger partial charge in [-0.15, -0.1) is 0 Å². The van der Waals surface area contributed by atoms with Crippen molar-refractivity contribution in [2.45, 2.75) is 24.5 Å². The number of anilines is 1. The van der Waals surface area contributed by atoms with Crippen LogP contribution in [0.2, 0.25) is 0 Å². The number of rotatable bonds is 7. The van der Waals surface area contributed by atoms with Gasteiger partial charge in [0.15, 0.2) is 6.23 Å². The third-order valence-electron chi connectivity index (χ3n) is 3.73. The normalized spacial score (nSPS) is 25.1. The molecule has 0 aliphatic carbocycles. The summed E-state index contributed by atoms with van der Waals surface area (Å²) in [5, 5.41) is 31.4. The Hall–Kier alpha value is -1.92. The summed E-state index contributed by atoms with van der Waals surface area (Å²) in [6.45, 7) is 3.28. The van der Waals surface area contributed by atoms with Crippen molar-refractivity contribution in [2.75, 3.05) is 30.5 Å². The number of nitrogens with one attached hydrogen (secondary N) is 1. The molecular weight excluding hydrogens is 366 g/mol. The van der Waals surface area contributed by atoms with E-state index in [0.29, 0.717) is 5.75 Å². The molecule has 0 bridgehead atoms. The molecule has 1 amide bonds. The third-order valence-corrected chi connectivity index (χ3v) is 4.31. The number of ether oxygens (including phenoxy) is 2. The summed E-state index contributed by atoms with van der Waals surface area (Å²) in [5.74, 6) is 0.573. The molecule has 1 unspecified atom stereocenters. The summed E-state index contributed by atoms with van der Waals surface area (Å²) in [5.41, 5.74) is -0.547. The predicted octanol–water partition coefficient (Wildman–Crippen LogP) is -0.591. The summed E-state index contributed by atoms with van der Waals surface area (Å²) in [7, 11) is 0. The highest BCUT2D eigenvalue weighted by Crippen LogP contribution is 2.28. The lowest BCUT2D eigenvalue weighted by Gasteiger charge is -2.18. The number of hydrogen-bond donors (Lipinski definition) is 4. The van der Waals surface area contributed by atoms with E-state index in [1.807, 2.05) is 6.26 Å². The van der Waals surface area contributed by atoms with E-state index in [1.165, 1.54) is 24.0 Å². The first-order valence-corrected chi connectivity index (χ1v) is 9.13. The van der Waals surface area contributed by atoms with Crippen LogP contribution in [0.3, 0.4) is 0 Å². The number of hydrogen-bond acceptors (Lipinski definition) is 9. The second-order valence-corrected chi connectivity index (χ2v) is 6.41. The molecule has 1 saturated heterocycles. The Morgan fingerprint density at radius 2 is 2.27 bits per heavy atom. The second kappa shape index (κ2) is 9.14. The number of carbonyl (C=O) groups is 1. The van der Waals surface area contributed by atoms with Crippen LogP contribution in [0.4, 0.5) is 10.6 Å². The Morgan fingerprint density at radius 1 is 1.54 bits per heavy atom. The maximum absolute atomic E-state index is 12.3. The highest BCUT2D eigenvalue weighted by atomic mass is 32.2. The number of thioether (sulfide) groups is 1. The molecule has 11 heteroatoms. The maximum Gasteiger partial charge on any atom is 0.412 e. The first-order valence-electron chi connectivity index (χ1n) is 7.73. The van der Waals surface area contributed by atoms with Crippen molar-refractivity contribution >= 4 is 29.7 Å². The molecule has 0 spiro atoms. The average Bonchev–Trinajstić information content (AvgIpc) is 2.90. The third kappa shape index (κ3) is 4.43. The van der Waals surface area contributed by atoms with Crippen molar-refractivity contribution in [1.82, 2.24) is 9.55 Å². The van der Waals surface area contributed by atoms with Crippen LogP contribution in [0.5, 0.6) is 0 Å². The van der Waals surface area contributed by atoms with Gasteiger partial charge in [0.25, 0.3) is 0 Å². The number of amides is 1. The van der Waals surface area contributed by atoms with Gasteiger partial charge in [-0.3, -0.25) is 9.88 Å². The number of aliphatic hydroxyl groups excluding tert-OH is 3. The highest BCUT2D eigenvalue weighted by molar-refractivity contribution is 7.98. The lowest BCUT2D eigenvalue weighted by atomic mass is 10.1. The Kier molecular flexibility index (Phi) is 7.17. The molecule has 1 aliphatic heterocycles. The van der Waals surface area contributed by atoms with Crippen LogP contribution < -0.4 is 11.0 Å². The van der Waals surface area contributed by atoms with E-state index in [4.69, 9.17) is 14.6 Å². The van der Waals surface area contributed by atoms with Crippen LogP contribution in [0.15, 0.2) is 17.6 Å². The van der Waals surface area contributed by atoms with E-state index in [9.17, 15) is 19.8 Å². The molecule has 10 nitrogen and oxygen atoms in total. The van der Waals surface area contributed by atoms with Crippen molar-refractivity contribution in [1.29, 1.82) is 0 Å². The van der Waals surface area contributed by atoms with E-state index in [1.54, 1.807) is 0 Å². The van der Waals surface area contributed by atoms with E-state index >= 15 is 0 Å². The average molecular weight is 387 g/mol. The summed E-state index contributed by atoms with van der Waals surface area (Å²) >= 11 is 1.51. The standard InChI is InChI=1S/C15H21N3O7S/c1-3-8-6-18(13-11(21)10(20)9(7-19)25-13)14(22)16-12(8)17-15(23)24-4-5-26-2/h3,6,9-11,13,19-21H,1,4-5,7H2,2H3,(H,16,17,22,23)/t9-,10-,11-,13?/m1/s1. The minimum absolute atomic E-state index is 0.0536. The molecule has 0 aromatic carbocycles. The van der Waals surface area contributed by atoms with E-state index in [-0.39, 0.29) is 18.0 Å². The van der Waals surface area contributed by atoms with E-state index in [2.05, 4.69) is 16.9 Å². The molecular formula is C15H21N3O7S. The van der Waals surface area contributed by atoms with E-state index in [0.717, 1.165) is 4.57 Å². The first-order chi connectivity index (χ1) is 12.4. The Balaban J connectivity index is 2.23. The monoisotopic (exact) mass is 387 g/mol. The van der Waals surface area contributed by atoms with Gasteiger partial charge in [0.2, 0.25) is 0 Å². The molecule has 0 radical (unpaired) electrons. The van der Waals surface area contributed by atoms with Gasteiger partial charge in [-0.05, 0) is 6.26 Å². The minimum Gasteiger partial charge on any atom is -0.448 e. The van der Waals surface area contributed by atoms with Crippen LogP contribution in [-0.4, -0.2) is 74.5 Å². The van der Waals surface area contributed by atoms with Gasteiger partial charge < -0.3 is 24.8 Å². The number of aromatic nitrogens is 2. The van der Waals surface area contributed by atoms with Gasteiger partial charge in [0.05, 0.1) is 6.61 Å². The van der Waals surface area contributed by atoms with Gasteiger partial charge in [0.1, 0.15) is 30.7 Å². The number of carbonyl (C=O) groups excluding carboxylic acids is 1. The fourth-order valence-electron chi connectivity index (χ4n) is 2.38. The lowest BCUT2D eigenvalue weighted by molar-refractivity contribution is -0.0549. The smallest absolute Gasteiger partial charge is 0.412 e. The van der Waals surface area contributed by atoms with Crippen LogP contribution in [0, 0.1) is 0 Å². The summed E-state index contributed by atoms with van der Waals surface area (Å²) in [4.78, 5) is 27.8. The molecule has 1 fully saturated rings. The fraction of sp³-hybridized carbons (Fsp3) is 0.533. The summed E-state index contributed by atoms with van der Waals surface area (Å²) in [6, 6.07) is 0. The van der Waals surface area contributed by atoms with Crippen molar-refractivity contribution in [3.05, 3.63) is 28.8 Å². The van der Waals surface area contributed by atoms with Crippen LogP contribution in [0.1, 0.15) is 11.8 Å². The van der Waals surface area contributed by atoms with Crippen molar-refractivity contribution < 1.29 is 29.6 Å². The predicted molar refractivity (Wildman–Crippen MR) is 95.0 cm³/mol. The molecule has 26 heavy (non-hydrogen) atoms. The van der Waals surface area contributed by atoms with Gasteiger partial charge in [-0.25, -0.2) is 9.59 Å². The van der Waals surface area contributed by atoms with Gasteiger partial charge in [0, 0.05) is 17.5 Å². The number of aliphatic hydroxyl groups is 3. The molecule has 4 N–H and O–H groups in total. The summed E-state index contributed by atoms with van der Waals surface area (Å²) in [6.07, 6.45) is -1.31. The Labute approximate surface area is 153 Å². The minimum atomic E-state index is -1.43. The van der Waals surface area contributed by atoms with Crippen molar-refractivity contribution in [2.24, 2.45) is 0 Å². The molecule has 4 atom stereocenters. The van der Waals surface area contributed by atoms with Crippen LogP contribution in [-0.2, 0) is 9.47 Å². The number of nitrogens with zero attached hydrogens (tertiary/aromatic N) is 2. The van der Waals surface area contributed by atoms with Crippen LogP contribution in [0.25, 0.3) is 6.08 Å². The molecule has 2 heterocycles. The Morgan fingerprint density at radius 3 is 2.85 bits per heavy atom.